The van der Waals surface area contributed by atoms with Gasteiger partial charge in [-0.2, -0.15) is 17.1 Å². The number of para-hydroxylation sites is 3. The van der Waals surface area contributed by atoms with E-state index in [1.807, 2.05) is 53.1 Å². The van der Waals surface area contributed by atoms with Gasteiger partial charge in [-0.3, -0.25) is 4.57 Å². The van der Waals surface area contributed by atoms with Crippen molar-refractivity contribution >= 4 is 55.7 Å². The Hall–Kier alpha value is -6.88. The van der Waals surface area contributed by atoms with E-state index < -0.39 is 0 Å². The van der Waals surface area contributed by atoms with Gasteiger partial charge in [0.1, 0.15) is 5.52 Å². The first-order chi connectivity index (χ1) is 31.0. The number of nitrogens with zero attached hydrogens (tertiary/aromatic N) is 4. The fourth-order valence-electron chi connectivity index (χ4n) is 9.33. The van der Waals surface area contributed by atoms with Crippen LogP contribution in [-0.4, -0.2) is 16.2 Å². The Kier molecular flexibility index (Phi) is 11.5. The number of aryl methyl sites for hydroxylation is 2. The van der Waals surface area contributed by atoms with Crippen LogP contribution in [0.25, 0.3) is 38.9 Å². The normalized spacial score (nSPS) is 12.6. The largest absolute Gasteiger partial charge is 0.509 e. The van der Waals surface area contributed by atoms with E-state index in [-0.39, 0.29) is 39.3 Å². The molecule has 7 heteroatoms. The van der Waals surface area contributed by atoms with E-state index in [0.29, 0.717) is 24.2 Å². The summed E-state index contributed by atoms with van der Waals surface area (Å²) in [5.41, 5.74) is 14.8. The molecule has 0 spiro atoms. The molecule has 0 amide bonds. The first-order valence-electron chi connectivity index (χ1n) is 22.0. The van der Waals surface area contributed by atoms with Crippen LogP contribution in [0.15, 0.2) is 174 Å². The number of fused-ring (bicyclic) bond motifs is 5. The molecule has 6 nitrogen and oxygen atoms in total. The number of hydrogen-bond donors (Lipinski definition) is 0. The van der Waals surface area contributed by atoms with E-state index in [4.69, 9.17) is 14.1 Å². The van der Waals surface area contributed by atoms with E-state index >= 15 is 0 Å². The molecule has 2 aromatic heterocycles. The van der Waals surface area contributed by atoms with Crippen molar-refractivity contribution in [2.75, 3.05) is 16.5 Å². The van der Waals surface area contributed by atoms with E-state index in [2.05, 4.69) is 185 Å². The number of aromatic nitrogens is 2. The maximum absolute atomic E-state index is 6.65. The summed E-state index contributed by atoms with van der Waals surface area (Å²) in [7, 11) is 0. The molecule has 0 aliphatic carbocycles. The van der Waals surface area contributed by atoms with Crippen molar-refractivity contribution in [1.29, 1.82) is 0 Å². The quantitative estimate of drug-likeness (QED) is 0.135. The van der Waals surface area contributed by atoms with Crippen LogP contribution < -0.4 is 14.5 Å². The van der Waals surface area contributed by atoms with Gasteiger partial charge in [-0.05, 0) is 95.1 Å². The third kappa shape index (κ3) is 7.57. The van der Waals surface area contributed by atoms with Gasteiger partial charge in [0.05, 0.1) is 18.0 Å². The summed E-state index contributed by atoms with van der Waals surface area (Å²) in [4.78, 5) is 9.68. The van der Waals surface area contributed by atoms with Crippen LogP contribution in [0.5, 0.6) is 11.5 Å². The zero-order valence-electron chi connectivity index (χ0n) is 38.3. The molecule has 0 atom stereocenters. The van der Waals surface area contributed by atoms with Crippen molar-refractivity contribution in [3.05, 3.63) is 223 Å². The Balaban J connectivity index is 0.00000274. The van der Waals surface area contributed by atoms with Gasteiger partial charge in [0.15, 0.2) is 5.58 Å². The van der Waals surface area contributed by atoms with Gasteiger partial charge in [0.25, 0.3) is 0 Å². The van der Waals surface area contributed by atoms with Gasteiger partial charge in [0, 0.05) is 54.6 Å². The minimum absolute atomic E-state index is 0. The third-order valence-corrected chi connectivity index (χ3v) is 13.4. The average molecular weight is 1040 g/mol. The monoisotopic (exact) mass is 1040 g/mol. The van der Waals surface area contributed by atoms with Gasteiger partial charge < -0.3 is 26.4 Å². The summed E-state index contributed by atoms with van der Waals surface area (Å²) in [6.07, 6.45) is 0. The first-order valence-corrected chi connectivity index (χ1v) is 22.0. The van der Waals surface area contributed by atoms with Gasteiger partial charge >= 0.3 is 6.01 Å². The molecule has 0 fully saturated rings. The molecule has 0 N–H and O–H groups in total. The Morgan fingerprint density at radius 3 is 1.82 bits per heavy atom. The predicted octanol–water partition coefficient (Wildman–Crippen LogP) is 15.3. The summed E-state index contributed by atoms with van der Waals surface area (Å²) in [6, 6.07) is 67.6. The second-order valence-corrected chi connectivity index (χ2v) is 18.1. The minimum Gasteiger partial charge on any atom is -0.509 e. The maximum Gasteiger partial charge on any atom is 0.305 e. The number of hydrogen-bond acceptors (Lipinski definition) is 5. The first kappa shape index (κ1) is 44.3. The SMILES string of the molecule is Cc1cc2c(cc1C)N(c1cc(C(C)(C)c3ccccc3)cc(C(C)(C)c3ccccc3)c1)CN2c1[c-]c(Oc2[c-]c3c(cc2)c2ccccc2n3-c2nc3ccccc3o2)ccc1.[CH3-].[Pt]. The fourth-order valence-corrected chi connectivity index (χ4v) is 9.33. The molecule has 3 heterocycles. The molecule has 0 saturated heterocycles. The Morgan fingerprint density at radius 1 is 0.561 bits per heavy atom. The van der Waals surface area contributed by atoms with Crippen LogP contribution in [-0.2, 0) is 31.9 Å². The van der Waals surface area contributed by atoms with Crippen LogP contribution in [0, 0.1) is 33.4 Å². The zero-order valence-corrected chi connectivity index (χ0v) is 40.6. The summed E-state index contributed by atoms with van der Waals surface area (Å²) >= 11 is 0. The number of benzene rings is 8. The van der Waals surface area contributed by atoms with E-state index in [9.17, 15) is 0 Å². The van der Waals surface area contributed by atoms with Crippen molar-refractivity contribution in [2.24, 2.45) is 0 Å². The number of oxazole rings is 1. The Bertz CT molecular complexity index is 3290. The molecule has 1 aliphatic heterocycles. The molecule has 66 heavy (non-hydrogen) atoms. The second-order valence-electron chi connectivity index (χ2n) is 18.1. The molecule has 0 radical (unpaired) electrons. The van der Waals surface area contributed by atoms with Crippen molar-refractivity contribution in [3.63, 3.8) is 0 Å². The van der Waals surface area contributed by atoms with Crippen LogP contribution in [0.1, 0.15) is 61.1 Å². The van der Waals surface area contributed by atoms with E-state index in [1.165, 1.54) is 33.4 Å². The van der Waals surface area contributed by atoms with E-state index in [0.717, 1.165) is 55.7 Å². The third-order valence-electron chi connectivity index (χ3n) is 13.4. The average Bonchev–Trinajstić information content (AvgIpc) is 4.01. The van der Waals surface area contributed by atoms with Gasteiger partial charge in [-0.15, -0.1) is 35.7 Å². The summed E-state index contributed by atoms with van der Waals surface area (Å²) in [5, 5.41) is 2.12. The number of anilines is 4. The van der Waals surface area contributed by atoms with Gasteiger partial charge in [-0.1, -0.05) is 136 Å². The second kappa shape index (κ2) is 17.2. The maximum atomic E-state index is 6.65. The molecule has 332 valence electrons. The summed E-state index contributed by atoms with van der Waals surface area (Å²) in [5.74, 6) is 1.17. The smallest absolute Gasteiger partial charge is 0.305 e. The van der Waals surface area contributed by atoms with Crippen molar-refractivity contribution in [3.8, 4) is 17.5 Å². The van der Waals surface area contributed by atoms with Crippen LogP contribution in [0.4, 0.5) is 22.7 Å². The molecule has 11 rings (SSSR count). The van der Waals surface area contributed by atoms with Crippen LogP contribution in [0.3, 0.4) is 0 Å². The van der Waals surface area contributed by atoms with Crippen molar-refractivity contribution < 1.29 is 30.2 Å². The van der Waals surface area contributed by atoms with Crippen LogP contribution >= 0.6 is 0 Å². The van der Waals surface area contributed by atoms with Gasteiger partial charge in [-0.25, -0.2) is 0 Å². The minimum atomic E-state index is -0.249. The fraction of sp³-hybridized carbons (Fsp3) is 0.153. The van der Waals surface area contributed by atoms with Crippen molar-refractivity contribution in [1.82, 2.24) is 9.55 Å². The van der Waals surface area contributed by atoms with Crippen LogP contribution in [0.2, 0.25) is 0 Å². The molecule has 10 aromatic rings. The number of rotatable bonds is 9. The molecule has 1 aliphatic rings. The Morgan fingerprint density at radius 2 is 1.15 bits per heavy atom. The molecular formula is C59H51N4O2Pt-3. The van der Waals surface area contributed by atoms with Crippen molar-refractivity contribution in [2.45, 2.75) is 52.4 Å². The predicted molar refractivity (Wildman–Crippen MR) is 268 cm³/mol. The summed E-state index contributed by atoms with van der Waals surface area (Å²) in [6.45, 7) is 14.3. The molecule has 0 unspecified atom stereocenters. The summed E-state index contributed by atoms with van der Waals surface area (Å²) < 4.78 is 15.0. The molecular weight excluding hydrogens is 992 g/mol. The van der Waals surface area contributed by atoms with E-state index in [1.54, 1.807) is 0 Å². The zero-order chi connectivity index (χ0) is 43.7. The number of ether oxygens (including phenoxy) is 1. The molecule has 0 bridgehead atoms. The topological polar surface area (TPSA) is 46.7 Å². The molecule has 0 saturated carbocycles. The van der Waals surface area contributed by atoms with Gasteiger partial charge in [0.2, 0.25) is 0 Å². The Labute approximate surface area is 402 Å². The molecule has 8 aromatic carbocycles. The standard InChI is InChI=1S/C58H48N4O2.CH3.Pt/c1-38-30-53-54(31-39(38)2)61(45-33-42(57(3,4)40-18-9-7-10-19-40)32-43(34-45)58(5,6)41-20-11-8-12-21-41)37-60(53)44-22-17-23-46(35-44)63-47-28-29-49-48-24-13-15-26-51(48)62(52(49)36-47)56-59-50-25-14-16-27-55(50)64-56;;/h7-34H,37H2,1-6H3;1H3;/q-2;-1;.